The molecule has 0 unspecified atom stereocenters. The molecule has 0 radical (unpaired) electrons. The molecule has 2 saturated carbocycles. The van der Waals surface area contributed by atoms with Gasteiger partial charge in [-0.3, -0.25) is 0 Å². The molecule has 0 saturated heterocycles. The molecule has 3 aromatic rings. The van der Waals surface area contributed by atoms with Gasteiger partial charge in [0.05, 0.1) is 0 Å². The highest BCUT2D eigenvalue weighted by molar-refractivity contribution is 5.49. The monoisotopic (exact) mass is 596 g/mol. The lowest BCUT2D eigenvalue weighted by atomic mass is 9.52. The van der Waals surface area contributed by atoms with Crippen molar-refractivity contribution in [3.05, 3.63) is 88.5 Å². The van der Waals surface area contributed by atoms with Crippen molar-refractivity contribution in [2.24, 2.45) is 29.6 Å². The molecule has 2 aliphatic rings. The van der Waals surface area contributed by atoms with Gasteiger partial charge in [0.15, 0.2) is 0 Å². The molecule has 44 heavy (non-hydrogen) atoms. The van der Waals surface area contributed by atoms with Gasteiger partial charge in [-0.2, -0.15) is 0 Å². The standard InChI is InChI=1S/C41H56O3/c1-27(2)23-31-25-35(9-13-38(31)43)41(36-10-14-39(44)32(26-36)24-28(3)4)21-17-34(18-22-41)40(33-7-11-37(42)12-8-33)19-15-30(16-20-40)29(5)6/h7-14,25-30,34,42-44H,15-24H2,1-6H3. The van der Waals surface area contributed by atoms with Gasteiger partial charge in [-0.15, -0.1) is 0 Å². The Labute approximate surface area is 266 Å². The molecule has 0 atom stereocenters. The lowest BCUT2D eigenvalue weighted by molar-refractivity contribution is 0.0940. The van der Waals surface area contributed by atoms with Crippen LogP contribution in [-0.2, 0) is 23.7 Å². The van der Waals surface area contributed by atoms with E-state index in [1.54, 1.807) is 0 Å². The highest BCUT2D eigenvalue weighted by Gasteiger charge is 2.48. The molecule has 2 aliphatic carbocycles. The number of phenols is 3. The number of hydrogen-bond acceptors (Lipinski definition) is 3. The smallest absolute Gasteiger partial charge is 0.118 e. The van der Waals surface area contributed by atoms with Crippen molar-refractivity contribution in [3.8, 4) is 17.2 Å². The van der Waals surface area contributed by atoms with Crippen molar-refractivity contribution in [1.82, 2.24) is 0 Å². The van der Waals surface area contributed by atoms with E-state index < -0.39 is 0 Å². The quantitative estimate of drug-likeness (QED) is 0.230. The Morgan fingerprint density at radius 3 is 1.48 bits per heavy atom. The van der Waals surface area contributed by atoms with Crippen LogP contribution in [-0.4, -0.2) is 15.3 Å². The first-order chi connectivity index (χ1) is 20.9. The highest BCUT2D eigenvalue weighted by Crippen LogP contribution is 2.57. The van der Waals surface area contributed by atoms with Gasteiger partial charge in [0.1, 0.15) is 17.2 Å². The molecule has 0 bridgehead atoms. The fourth-order valence-corrected chi connectivity index (χ4v) is 8.93. The average Bonchev–Trinajstić information content (AvgIpc) is 2.99. The maximum absolute atomic E-state index is 10.8. The molecule has 0 aliphatic heterocycles. The number of hydrogen-bond donors (Lipinski definition) is 3. The first kappa shape index (κ1) is 32.5. The average molecular weight is 597 g/mol. The molecule has 0 heterocycles. The summed E-state index contributed by atoms with van der Waals surface area (Å²) < 4.78 is 0. The zero-order chi connectivity index (χ0) is 31.6. The zero-order valence-corrected chi connectivity index (χ0v) is 28.1. The largest absolute Gasteiger partial charge is 0.508 e. The van der Waals surface area contributed by atoms with E-state index in [1.165, 1.54) is 42.4 Å². The van der Waals surface area contributed by atoms with E-state index in [1.807, 2.05) is 24.3 Å². The van der Waals surface area contributed by atoms with Crippen molar-refractivity contribution in [3.63, 3.8) is 0 Å². The summed E-state index contributed by atoms with van der Waals surface area (Å²) in [7, 11) is 0. The maximum Gasteiger partial charge on any atom is 0.118 e. The predicted molar refractivity (Wildman–Crippen MR) is 183 cm³/mol. The van der Waals surface area contributed by atoms with Crippen molar-refractivity contribution in [2.45, 2.75) is 117 Å². The van der Waals surface area contributed by atoms with Gasteiger partial charge >= 0.3 is 0 Å². The molecule has 0 spiro atoms. The van der Waals surface area contributed by atoms with Gasteiger partial charge in [-0.05, 0) is 151 Å². The Kier molecular flexibility index (Phi) is 9.73. The molecule has 3 aromatic carbocycles. The number of benzene rings is 3. The van der Waals surface area contributed by atoms with Crippen LogP contribution < -0.4 is 0 Å². The van der Waals surface area contributed by atoms with E-state index >= 15 is 0 Å². The summed E-state index contributed by atoms with van der Waals surface area (Å²) in [5.41, 5.74) is 6.05. The molecule has 5 rings (SSSR count). The third-order valence-electron chi connectivity index (χ3n) is 11.4. The second-order valence-corrected chi connectivity index (χ2v) is 15.5. The normalized spacial score (nSPS) is 22.6. The van der Waals surface area contributed by atoms with Crippen LogP contribution >= 0.6 is 0 Å². The van der Waals surface area contributed by atoms with Crippen LogP contribution in [0.1, 0.15) is 121 Å². The maximum atomic E-state index is 10.8. The van der Waals surface area contributed by atoms with Crippen LogP contribution in [0, 0.1) is 29.6 Å². The zero-order valence-electron chi connectivity index (χ0n) is 28.1. The van der Waals surface area contributed by atoms with E-state index in [9.17, 15) is 15.3 Å². The molecule has 0 aromatic heterocycles. The van der Waals surface area contributed by atoms with Crippen molar-refractivity contribution in [1.29, 1.82) is 0 Å². The Morgan fingerprint density at radius 2 is 1.05 bits per heavy atom. The molecule has 3 N–H and O–H groups in total. The van der Waals surface area contributed by atoms with Gasteiger partial charge in [0.2, 0.25) is 0 Å². The van der Waals surface area contributed by atoms with E-state index in [0.29, 0.717) is 35.0 Å². The summed E-state index contributed by atoms with van der Waals surface area (Å²) >= 11 is 0. The Hall–Kier alpha value is -2.94. The van der Waals surface area contributed by atoms with E-state index in [-0.39, 0.29) is 10.8 Å². The van der Waals surface area contributed by atoms with E-state index in [2.05, 4.69) is 77.9 Å². The van der Waals surface area contributed by atoms with E-state index in [4.69, 9.17) is 0 Å². The van der Waals surface area contributed by atoms with Gasteiger partial charge in [-0.25, -0.2) is 0 Å². The van der Waals surface area contributed by atoms with Crippen LogP contribution in [0.3, 0.4) is 0 Å². The third-order valence-corrected chi connectivity index (χ3v) is 11.4. The summed E-state index contributed by atoms with van der Waals surface area (Å²) in [4.78, 5) is 0. The second kappa shape index (κ2) is 13.2. The number of rotatable bonds is 9. The van der Waals surface area contributed by atoms with Gasteiger partial charge in [0.25, 0.3) is 0 Å². The van der Waals surface area contributed by atoms with Crippen LogP contribution in [0.25, 0.3) is 0 Å². The fourth-order valence-electron chi connectivity index (χ4n) is 8.93. The fraction of sp³-hybridized carbons (Fsp3) is 0.561. The molecule has 3 nitrogen and oxygen atoms in total. The van der Waals surface area contributed by atoms with Crippen molar-refractivity contribution >= 4 is 0 Å². The minimum atomic E-state index is -0.166. The topological polar surface area (TPSA) is 60.7 Å². The summed E-state index contributed by atoms with van der Waals surface area (Å²) in [5.74, 6) is 4.13. The minimum Gasteiger partial charge on any atom is -0.508 e. The summed E-state index contributed by atoms with van der Waals surface area (Å²) in [6.45, 7) is 13.6. The Balaban J connectivity index is 1.55. The molecular formula is C41H56O3. The third kappa shape index (κ3) is 6.53. The first-order valence-electron chi connectivity index (χ1n) is 17.4. The Morgan fingerprint density at radius 1 is 0.591 bits per heavy atom. The molecule has 3 heteroatoms. The lowest BCUT2D eigenvalue weighted by Gasteiger charge is -2.52. The second-order valence-electron chi connectivity index (χ2n) is 15.5. The molecular weight excluding hydrogens is 540 g/mol. The van der Waals surface area contributed by atoms with Crippen LogP contribution in [0.5, 0.6) is 17.2 Å². The minimum absolute atomic E-state index is 0.140. The molecule has 238 valence electrons. The van der Waals surface area contributed by atoms with Crippen molar-refractivity contribution in [2.75, 3.05) is 0 Å². The van der Waals surface area contributed by atoms with Crippen molar-refractivity contribution < 1.29 is 15.3 Å². The van der Waals surface area contributed by atoms with Gasteiger partial charge < -0.3 is 15.3 Å². The lowest BCUT2D eigenvalue weighted by Crippen LogP contribution is -2.44. The van der Waals surface area contributed by atoms with Crippen LogP contribution in [0.4, 0.5) is 0 Å². The summed E-state index contributed by atoms with van der Waals surface area (Å²) in [5, 5.41) is 31.8. The van der Waals surface area contributed by atoms with Crippen LogP contribution in [0.2, 0.25) is 0 Å². The number of phenolic OH excluding ortho intramolecular Hbond substituents is 3. The summed E-state index contributed by atoms with van der Waals surface area (Å²) in [6.07, 6.45) is 11.0. The first-order valence-corrected chi connectivity index (χ1v) is 17.4. The highest BCUT2D eigenvalue weighted by atomic mass is 16.3. The van der Waals surface area contributed by atoms with E-state index in [0.717, 1.165) is 61.5 Å². The van der Waals surface area contributed by atoms with Gasteiger partial charge in [-0.1, -0.05) is 77.9 Å². The summed E-state index contributed by atoms with van der Waals surface area (Å²) in [6, 6.07) is 20.9. The predicted octanol–water partition coefficient (Wildman–Crippen LogP) is 10.5. The Bertz CT molecular complexity index is 1320. The molecule has 2 fully saturated rings. The molecule has 0 amide bonds. The number of aromatic hydroxyl groups is 3. The van der Waals surface area contributed by atoms with Crippen LogP contribution in [0.15, 0.2) is 60.7 Å². The SMILES string of the molecule is CC(C)Cc1cc(C2(c3ccc(O)c(CC(C)C)c3)CCC(C3(c4ccc(O)cc4)CCC(C(C)C)CC3)CC2)ccc1O. The van der Waals surface area contributed by atoms with Gasteiger partial charge in [0, 0.05) is 5.41 Å².